The van der Waals surface area contributed by atoms with Gasteiger partial charge in [-0.2, -0.15) is 0 Å². The lowest BCUT2D eigenvalue weighted by Gasteiger charge is -2.30. The Bertz CT molecular complexity index is 1190. The highest BCUT2D eigenvalue weighted by Crippen LogP contribution is 2.26. The van der Waals surface area contributed by atoms with Crippen molar-refractivity contribution in [1.82, 2.24) is 5.32 Å². The van der Waals surface area contributed by atoms with Crippen LogP contribution in [0.4, 0.5) is 0 Å². The van der Waals surface area contributed by atoms with Crippen molar-refractivity contribution >= 4 is 35.4 Å². The van der Waals surface area contributed by atoms with Crippen LogP contribution in [0.25, 0.3) is 0 Å². The fraction of sp³-hybridized carbons (Fsp3) is 0.600. The van der Waals surface area contributed by atoms with Gasteiger partial charge in [0.25, 0.3) is 0 Å². The molecule has 12 nitrogen and oxygen atoms in total. The number of ether oxygens (including phenoxy) is 2. The van der Waals surface area contributed by atoms with Crippen molar-refractivity contribution in [2.75, 3.05) is 13.7 Å². The number of hydrogen-bond donors (Lipinski definition) is 4. The monoisotopic (exact) mass is 661 g/mol. The minimum atomic E-state index is -2.98. The molecule has 0 bridgehead atoms. The van der Waals surface area contributed by atoms with E-state index < -0.39 is 60.2 Å². The van der Waals surface area contributed by atoms with Gasteiger partial charge in [0, 0.05) is 19.3 Å². The van der Waals surface area contributed by atoms with E-state index in [1.165, 1.54) is 42.8 Å². The lowest BCUT2D eigenvalue weighted by atomic mass is 9.82. The number of rotatable bonds is 25. The highest BCUT2D eigenvalue weighted by Gasteiger charge is 2.49. The van der Waals surface area contributed by atoms with Crippen molar-refractivity contribution in [3.05, 3.63) is 42.0 Å². The van der Waals surface area contributed by atoms with Gasteiger partial charge in [-0.1, -0.05) is 69.7 Å². The Hall–Kier alpha value is -4.06. The van der Waals surface area contributed by atoms with Crippen LogP contribution in [0.1, 0.15) is 103 Å². The van der Waals surface area contributed by atoms with Crippen LogP contribution in [0, 0.1) is 5.92 Å². The summed E-state index contributed by atoms with van der Waals surface area (Å²) in [5.41, 5.74) is -2.44. The van der Waals surface area contributed by atoms with Crippen LogP contribution in [-0.4, -0.2) is 76.1 Å². The van der Waals surface area contributed by atoms with Crippen LogP contribution in [0.3, 0.4) is 0 Å². The molecule has 0 saturated carbocycles. The number of carbonyl (C=O) groups excluding carboxylic acids is 5. The Labute approximate surface area is 276 Å². The van der Waals surface area contributed by atoms with Crippen molar-refractivity contribution in [3.8, 4) is 5.75 Å². The normalized spacial score (nSPS) is 13.7. The average molecular weight is 662 g/mol. The van der Waals surface area contributed by atoms with Crippen LogP contribution in [-0.2, 0) is 44.7 Å². The molecule has 0 radical (unpaired) electrons. The number of esters is 2. The van der Waals surface area contributed by atoms with Crippen LogP contribution >= 0.6 is 0 Å². The minimum Gasteiger partial charge on any atom is -0.508 e. The first-order valence-corrected chi connectivity index (χ1v) is 16.3. The molecule has 3 atom stereocenters. The van der Waals surface area contributed by atoms with Crippen molar-refractivity contribution in [3.63, 3.8) is 0 Å². The molecule has 0 aliphatic carbocycles. The lowest BCUT2D eigenvalue weighted by molar-refractivity contribution is -0.174. The first-order chi connectivity index (χ1) is 22.3. The molecule has 1 aromatic carbocycles. The number of phenols is 1. The van der Waals surface area contributed by atoms with E-state index in [4.69, 9.17) is 9.47 Å². The first kappa shape index (κ1) is 41.0. The topological polar surface area (TPSA) is 194 Å². The summed E-state index contributed by atoms with van der Waals surface area (Å²) in [5.74, 6) is -7.09. The summed E-state index contributed by atoms with van der Waals surface area (Å²) in [7, 11) is 1.11. The number of carbonyl (C=O) groups is 6. The quantitative estimate of drug-likeness (QED) is 0.0660. The first-order valence-electron chi connectivity index (χ1n) is 16.3. The molecule has 0 fully saturated rings. The number of Topliss-reactive ketones (excluding diaryl/α,β-unsaturated/α-hetero) is 2. The van der Waals surface area contributed by atoms with Gasteiger partial charge in [0.2, 0.25) is 5.91 Å². The fourth-order valence-corrected chi connectivity index (χ4v) is 4.92. The molecule has 0 spiro atoms. The molecular weight excluding hydrogens is 610 g/mol. The van der Waals surface area contributed by atoms with Gasteiger partial charge in [-0.05, 0) is 50.3 Å². The predicted molar refractivity (Wildman–Crippen MR) is 173 cm³/mol. The number of benzene rings is 1. The largest absolute Gasteiger partial charge is 0.508 e. The number of carboxylic acid groups (broad SMARTS) is 1. The van der Waals surface area contributed by atoms with Crippen molar-refractivity contribution in [1.29, 1.82) is 0 Å². The summed E-state index contributed by atoms with van der Waals surface area (Å²) >= 11 is 0. The van der Waals surface area contributed by atoms with E-state index in [2.05, 4.69) is 12.2 Å². The van der Waals surface area contributed by atoms with Gasteiger partial charge < -0.3 is 30.1 Å². The number of unbranched alkanes of at least 4 members (excludes halogenated alkanes) is 8. The van der Waals surface area contributed by atoms with Gasteiger partial charge in [-0.3, -0.25) is 19.2 Å². The van der Waals surface area contributed by atoms with Crippen molar-refractivity contribution in [2.45, 2.75) is 115 Å². The molecule has 0 aliphatic rings. The van der Waals surface area contributed by atoms with Gasteiger partial charge in [0.15, 0.2) is 11.4 Å². The van der Waals surface area contributed by atoms with Gasteiger partial charge in [0.1, 0.15) is 24.2 Å². The molecule has 0 unspecified atom stereocenters. The van der Waals surface area contributed by atoms with E-state index in [1.807, 2.05) is 0 Å². The maximum absolute atomic E-state index is 13.5. The second-order valence-corrected chi connectivity index (χ2v) is 11.8. The Morgan fingerprint density at radius 2 is 1.51 bits per heavy atom. The molecule has 0 saturated heterocycles. The molecule has 262 valence electrons. The molecule has 4 N–H and O–H groups in total. The summed E-state index contributed by atoms with van der Waals surface area (Å²) in [6.45, 7) is 2.67. The van der Waals surface area contributed by atoms with Crippen LogP contribution < -0.4 is 5.32 Å². The number of methoxy groups -OCH3 is 1. The highest BCUT2D eigenvalue weighted by molar-refractivity contribution is 5.95. The zero-order valence-corrected chi connectivity index (χ0v) is 27.8. The number of aliphatic hydroxyl groups is 1. The second-order valence-electron chi connectivity index (χ2n) is 11.8. The number of aliphatic carboxylic acids is 1. The lowest BCUT2D eigenvalue weighted by Crippen LogP contribution is -2.55. The number of phenolic OH excluding ortho intramolecular Hbond substituents is 1. The minimum absolute atomic E-state index is 0.0116. The maximum Gasteiger partial charge on any atom is 0.337 e. The second kappa shape index (κ2) is 22.5. The Morgan fingerprint density at radius 3 is 2.06 bits per heavy atom. The Balaban J connectivity index is 2.97. The number of carboxylic acids is 1. The smallest absolute Gasteiger partial charge is 0.337 e. The number of amides is 1. The molecule has 0 aliphatic heterocycles. The summed E-state index contributed by atoms with van der Waals surface area (Å²) in [6.07, 6.45) is 11.5. The third-order valence-corrected chi connectivity index (χ3v) is 7.66. The van der Waals surface area contributed by atoms with E-state index in [-0.39, 0.29) is 18.0 Å². The van der Waals surface area contributed by atoms with E-state index in [0.717, 1.165) is 59.0 Å². The van der Waals surface area contributed by atoms with E-state index in [1.54, 1.807) is 0 Å². The summed E-state index contributed by atoms with van der Waals surface area (Å²) in [4.78, 5) is 74.2. The maximum atomic E-state index is 13.5. The molecule has 1 rings (SSSR count). The number of nitrogens with one attached hydrogen (secondary N) is 1. The Kier molecular flexibility index (Phi) is 19.6. The predicted octanol–water partition coefficient (Wildman–Crippen LogP) is 4.37. The highest BCUT2D eigenvalue weighted by atomic mass is 16.5. The average Bonchev–Trinajstić information content (AvgIpc) is 3.02. The fourth-order valence-electron chi connectivity index (χ4n) is 4.92. The van der Waals surface area contributed by atoms with Crippen molar-refractivity contribution < 1.29 is 53.6 Å². The third-order valence-electron chi connectivity index (χ3n) is 7.66. The number of ketones is 2. The SMILES string of the molecule is CCCCCCCC(=O)CCCCCC/C=C/[C@H](C(=O)N[C@@H](Cc1ccc(O)cc1)C(=O)OC)[C@@](O)(CC(=O)OCC(C)=O)C(=O)O. The van der Waals surface area contributed by atoms with Gasteiger partial charge in [-0.25, -0.2) is 9.59 Å². The Morgan fingerprint density at radius 1 is 0.915 bits per heavy atom. The van der Waals surface area contributed by atoms with Gasteiger partial charge >= 0.3 is 17.9 Å². The summed E-state index contributed by atoms with van der Waals surface area (Å²) < 4.78 is 9.56. The van der Waals surface area contributed by atoms with Gasteiger partial charge in [-0.15, -0.1) is 0 Å². The number of allylic oxidation sites excluding steroid dienone is 1. The molecule has 1 aromatic rings. The molecular formula is C35H51NO11. The van der Waals surface area contributed by atoms with Gasteiger partial charge in [0.05, 0.1) is 19.4 Å². The van der Waals surface area contributed by atoms with Crippen LogP contribution in [0.15, 0.2) is 36.4 Å². The van der Waals surface area contributed by atoms with E-state index in [9.17, 15) is 44.1 Å². The van der Waals surface area contributed by atoms with Crippen LogP contribution in [0.5, 0.6) is 5.75 Å². The summed E-state index contributed by atoms with van der Waals surface area (Å²) in [6, 6.07) is 4.53. The number of aromatic hydroxyl groups is 1. The zero-order valence-electron chi connectivity index (χ0n) is 27.8. The molecule has 0 heterocycles. The molecule has 47 heavy (non-hydrogen) atoms. The molecule has 1 amide bonds. The summed E-state index contributed by atoms with van der Waals surface area (Å²) in [5, 5.41) is 33.2. The molecule has 0 aromatic heterocycles. The van der Waals surface area contributed by atoms with E-state index >= 15 is 0 Å². The van der Waals surface area contributed by atoms with E-state index in [0.29, 0.717) is 31.2 Å². The third kappa shape index (κ3) is 16.4. The van der Waals surface area contributed by atoms with Crippen molar-refractivity contribution in [2.24, 2.45) is 5.92 Å². The van der Waals surface area contributed by atoms with Crippen LogP contribution in [0.2, 0.25) is 0 Å². The molecule has 12 heteroatoms. The zero-order chi connectivity index (χ0) is 35.2. The number of hydrogen-bond acceptors (Lipinski definition) is 10. The standard InChI is InChI=1S/C35H51NO11/c1-4-5-6-9-12-15-27(38)16-13-10-7-8-11-14-17-29(35(45,34(43)44)23-31(40)47-24-25(2)37)32(41)36-30(33(42)46-3)22-26-18-20-28(39)21-19-26/h14,17-21,29-30,39,45H,4-13,15-16,22-24H2,1-3H3,(H,36,41)(H,43,44)/b17-14+/t29-,30+,35+/m1/s1.